The van der Waals surface area contributed by atoms with Crippen molar-refractivity contribution in [1.82, 2.24) is 4.68 Å². The van der Waals surface area contributed by atoms with Crippen molar-refractivity contribution in [3.63, 3.8) is 0 Å². The molecule has 0 aliphatic carbocycles. The summed E-state index contributed by atoms with van der Waals surface area (Å²) in [7, 11) is 1.55. The summed E-state index contributed by atoms with van der Waals surface area (Å²) >= 11 is 6.73. The van der Waals surface area contributed by atoms with E-state index in [-0.39, 0.29) is 18.4 Å². The minimum Gasteiger partial charge on any atom is -0.495 e. The van der Waals surface area contributed by atoms with Gasteiger partial charge in [-0.2, -0.15) is 5.01 Å². The maximum Gasteiger partial charge on any atom is 0.285 e. The van der Waals surface area contributed by atoms with Crippen LogP contribution >= 0.6 is 24.0 Å². The molecule has 0 spiro atoms. The van der Waals surface area contributed by atoms with Crippen LogP contribution in [0.2, 0.25) is 0 Å². The number of amides is 2. The number of para-hydroxylation sites is 2. The Balaban J connectivity index is 1.39. The molecule has 0 radical (unpaired) electrons. The van der Waals surface area contributed by atoms with Crippen molar-refractivity contribution in [2.24, 2.45) is 0 Å². The number of thiocarbonyl (C=S) groups is 1. The third kappa shape index (κ3) is 5.00. The lowest BCUT2D eigenvalue weighted by atomic mass is 10.2. The van der Waals surface area contributed by atoms with E-state index >= 15 is 0 Å². The molecule has 4 rings (SSSR count). The second kappa shape index (κ2) is 10.1. The highest BCUT2D eigenvalue weighted by Gasteiger charge is 2.34. The molecule has 7 nitrogen and oxygen atoms in total. The maximum atomic E-state index is 13.0. The molecule has 9 heteroatoms. The quantitative estimate of drug-likeness (QED) is 0.381. The topological polar surface area (TPSA) is 72.8 Å². The van der Waals surface area contributed by atoms with Crippen LogP contribution in [0, 0.1) is 13.8 Å². The van der Waals surface area contributed by atoms with E-state index in [1.54, 1.807) is 37.5 Å². The predicted octanol–water partition coefficient (Wildman–Crippen LogP) is 4.67. The van der Waals surface area contributed by atoms with E-state index in [0.717, 1.165) is 17.0 Å². The zero-order chi connectivity index (χ0) is 24.2. The number of hydrogen-bond donors (Lipinski definition) is 1. The lowest BCUT2D eigenvalue weighted by Crippen LogP contribution is -2.39. The number of aromatic nitrogens is 1. The number of aryl methyl sites for hydroxylation is 2. The largest absolute Gasteiger partial charge is 0.495 e. The fourth-order valence-corrected chi connectivity index (χ4v) is 4.74. The fraction of sp³-hybridized carbons (Fsp3) is 0.160. The van der Waals surface area contributed by atoms with Crippen LogP contribution in [0.5, 0.6) is 11.5 Å². The summed E-state index contributed by atoms with van der Waals surface area (Å²) in [6, 6.07) is 18.2. The average molecular weight is 494 g/mol. The molecule has 3 aromatic rings. The molecular formula is C25H23N3O4S2. The zero-order valence-corrected chi connectivity index (χ0v) is 20.5. The highest BCUT2D eigenvalue weighted by molar-refractivity contribution is 8.27. The number of nitrogens with zero attached hydrogens (tertiary/aromatic N) is 2. The first-order chi connectivity index (χ1) is 16.4. The number of carbonyl (C=O) groups is 2. The molecule has 1 aliphatic rings. The molecule has 174 valence electrons. The van der Waals surface area contributed by atoms with E-state index < -0.39 is 0 Å². The van der Waals surface area contributed by atoms with Gasteiger partial charge in [0.05, 0.1) is 17.7 Å². The van der Waals surface area contributed by atoms with Crippen LogP contribution in [-0.2, 0) is 9.59 Å². The Kier molecular flexibility index (Phi) is 7.04. The van der Waals surface area contributed by atoms with Crippen molar-refractivity contribution in [1.29, 1.82) is 0 Å². The van der Waals surface area contributed by atoms with Crippen molar-refractivity contribution in [3.05, 3.63) is 82.5 Å². The van der Waals surface area contributed by atoms with Crippen LogP contribution in [0.25, 0.3) is 6.08 Å². The Labute approximate surface area is 207 Å². The number of anilines is 1. The van der Waals surface area contributed by atoms with Gasteiger partial charge in [-0.1, -0.05) is 36.0 Å². The molecule has 2 aromatic carbocycles. The number of carbonyl (C=O) groups excluding carboxylic acids is 2. The highest BCUT2D eigenvalue weighted by atomic mass is 32.2. The van der Waals surface area contributed by atoms with Gasteiger partial charge in [0, 0.05) is 11.4 Å². The lowest BCUT2D eigenvalue weighted by Gasteiger charge is -2.20. The molecule has 2 amide bonds. The number of thioether (sulfide) groups is 1. The van der Waals surface area contributed by atoms with Crippen molar-refractivity contribution >= 4 is 51.9 Å². The van der Waals surface area contributed by atoms with Crippen LogP contribution in [0.15, 0.2) is 65.6 Å². The van der Waals surface area contributed by atoms with Gasteiger partial charge >= 0.3 is 0 Å². The van der Waals surface area contributed by atoms with Gasteiger partial charge in [0.15, 0.2) is 10.9 Å². The van der Waals surface area contributed by atoms with Gasteiger partial charge < -0.3 is 14.8 Å². The molecule has 1 aliphatic heterocycles. The monoisotopic (exact) mass is 493 g/mol. The minimum absolute atomic E-state index is 0.147. The zero-order valence-electron chi connectivity index (χ0n) is 18.9. The SMILES string of the molecule is COc1ccccc1NC(=O)COc1ccc(C=C2SC(=S)N(n3c(C)ccc3C)C2=O)cc1. The van der Waals surface area contributed by atoms with Gasteiger partial charge in [-0.15, -0.1) is 0 Å². The predicted molar refractivity (Wildman–Crippen MR) is 139 cm³/mol. The number of methoxy groups -OCH3 is 1. The third-order valence-electron chi connectivity index (χ3n) is 5.14. The van der Waals surface area contributed by atoms with Gasteiger partial charge in [-0.25, -0.2) is 0 Å². The Morgan fingerprint density at radius 1 is 1.06 bits per heavy atom. The van der Waals surface area contributed by atoms with Crippen molar-refractivity contribution in [2.45, 2.75) is 13.8 Å². The van der Waals surface area contributed by atoms with Gasteiger partial charge in [0.1, 0.15) is 11.5 Å². The second-order valence-electron chi connectivity index (χ2n) is 7.53. The van der Waals surface area contributed by atoms with E-state index in [4.69, 9.17) is 21.7 Å². The first kappa shape index (κ1) is 23.6. The summed E-state index contributed by atoms with van der Waals surface area (Å²) in [5, 5.41) is 4.29. The number of hydrogen-bond acceptors (Lipinski definition) is 6. The highest BCUT2D eigenvalue weighted by Crippen LogP contribution is 2.33. The summed E-state index contributed by atoms with van der Waals surface area (Å²) in [5.41, 5.74) is 3.28. The van der Waals surface area contributed by atoms with Gasteiger partial charge in [0.2, 0.25) is 0 Å². The van der Waals surface area contributed by atoms with Gasteiger partial charge in [-0.3, -0.25) is 14.3 Å². The van der Waals surface area contributed by atoms with Crippen molar-refractivity contribution in [2.75, 3.05) is 24.0 Å². The molecule has 1 aromatic heterocycles. The summed E-state index contributed by atoms with van der Waals surface area (Å²) in [5.74, 6) is 0.657. The number of benzene rings is 2. The minimum atomic E-state index is -0.298. The molecule has 1 fully saturated rings. The lowest BCUT2D eigenvalue weighted by molar-refractivity contribution is -0.118. The molecule has 1 saturated heterocycles. The fourth-order valence-electron chi connectivity index (χ4n) is 3.50. The van der Waals surface area contributed by atoms with Crippen LogP contribution < -0.4 is 19.8 Å². The molecule has 1 N–H and O–H groups in total. The van der Waals surface area contributed by atoms with Crippen LogP contribution in [0.4, 0.5) is 5.69 Å². The standard InChI is InChI=1S/C25H23N3O4S2/c1-16-8-9-17(2)27(16)28-24(30)22(34-25(28)33)14-18-10-12-19(13-11-18)32-15-23(29)26-20-6-4-5-7-21(20)31-3/h4-14H,15H2,1-3H3,(H,26,29). The van der Waals surface area contributed by atoms with Crippen molar-refractivity contribution in [3.8, 4) is 11.5 Å². The van der Waals surface area contributed by atoms with Gasteiger partial charge in [0.25, 0.3) is 11.8 Å². The molecule has 0 unspecified atom stereocenters. The van der Waals surface area contributed by atoms with E-state index in [0.29, 0.717) is 26.4 Å². The number of nitrogens with one attached hydrogen (secondary N) is 1. The van der Waals surface area contributed by atoms with E-state index in [2.05, 4.69) is 5.32 Å². The Morgan fingerprint density at radius 2 is 1.74 bits per heavy atom. The summed E-state index contributed by atoms with van der Waals surface area (Å²) in [4.78, 5) is 25.8. The average Bonchev–Trinajstić information content (AvgIpc) is 3.29. The van der Waals surface area contributed by atoms with Gasteiger partial charge in [-0.05, 0) is 74.1 Å². The Hall–Kier alpha value is -3.56. The van der Waals surface area contributed by atoms with E-state index in [1.807, 2.05) is 54.9 Å². The Bertz CT molecular complexity index is 1260. The molecule has 0 saturated carbocycles. The smallest absolute Gasteiger partial charge is 0.285 e. The second-order valence-corrected chi connectivity index (χ2v) is 9.20. The number of ether oxygens (including phenoxy) is 2. The van der Waals surface area contributed by atoms with Crippen LogP contribution in [0.3, 0.4) is 0 Å². The number of rotatable bonds is 7. The molecule has 2 heterocycles. The van der Waals surface area contributed by atoms with Crippen molar-refractivity contribution < 1.29 is 19.1 Å². The van der Waals surface area contributed by atoms with Crippen LogP contribution in [0.1, 0.15) is 17.0 Å². The molecule has 34 heavy (non-hydrogen) atoms. The first-order valence-electron chi connectivity index (χ1n) is 10.5. The summed E-state index contributed by atoms with van der Waals surface area (Å²) in [6.45, 7) is 3.72. The van der Waals surface area contributed by atoms with Crippen LogP contribution in [-0.4, -0.2) is 34.5 Å². The molecular weight excluding hydrogens is 470 g/mol. The maximum absolute atomic E-state index is 13.0. The third-order valence-corrected chi connectivity index (χ3v) is 6.42. The molecule has 0 atom stereocenters. The molecule has 0 bridgehead atoms. The first-order valence-corrected chi connectivity index (χ1v) is 11.7. The summed E-state index contributed by atoms with van der Waals surface area (Å²) in [6.07, 6.45) is 1.80. The summed E-state index contributed by atoms with van der Waals surface area (Å²) < 4.78 is 13.1. The normalized spacial score (nSPS) is 14.6. The van der Waals surface area contributed by atoms with E-state index in [9.17, 15) is 9.59 Å². The van der Waals surface area contributed by atoms with E-state index in [1.165, 1.54) is 16.8 Å². The Morgan fingerprint density at radius 3 is 2.41 bits per heavy atom.